The number of rotatable bonds is 4. The van der Waals surface area contributed by atoms with Crippen molar-refractivity contribution in [2.24, 2.45) is 0 Å². The van der Waals surface area contributed by atoms with E-state index in [2.05, 4.69) is 27.3 Å². The van der Waals surface area contributed by atoms with E-state index in [0.717, 1.165) is 61.0 Å². The van der Waals surface area contributed by atoms with E-state index >= 15 is 0 Å². The number of carbonyl (C=O) groups excluding carboxylic acids is 1. The van der Waals surface area contributed by atoms with Crippen molar-refractivity contribution in [1.82, 2.24) is 14.8 Å². The summed E-state index contributed by atoms with van der Waals surface area (Å²) in [6.07, 6.45) is 2.82. The van der Waals surface area contributed by atoms with Crippen LogP contribution in [0.5, 0.6) is 0 Å². The molecule has 3 aromatic rings. The number of urea groups is 1. The van der Waals surface area contributed by atoms with Crippen LogP contribution < -0.4 is 5.32 Å². The van der Waals surface area contributed by atoms with Crippen LogP contribution in [0.4, 0.5) is 10.5 Å². The Bertz CT molecular complexity index is 898. The van der Waals surface area contributed by atoms with Gasteiger partial charge in [-0.2, -0.15) is 0 Å². The molecule has 144 valence electrons. The summed E-state index contributed by atoms with van der Waals surface area (Å²) >= 11 is 1.69. The summed E-state index contributed by atoms with van der Waals surface area (Å²) < 4.78 is 0. The maximum atomic E-state index is 12.9. The monoisotopic (exact) mass is 392 g/mol. The summed E-state index contributed by atoms with van der Waals surface area (Å²) in [5.41, 5.74) is 2.99. The van der Waals surface area contributed by atoms with Gasteiger partial charge >= 0.3 is 6.03 Å². The third-order valence-electron chi connectivity index (χ3n) is 4.97. The Hall–Kier alpha value is -2.70. The van der Waals surface area contributed by atoms with Crippen LogP contribution in [-0.2, 0) is 6.54 Å². The van der Waals surface area contributed by atoms with Crippen molar-refractivity contribution in [3.63, 3.8) is 0 Å². The molecule has 4 rings (SSSR count). The molecule has 1 saturated heterocycles. The van der Waals surface area contributed by atoms with E-state index in [1.54, 1.807) is 11.3 Å². The molecule has 2 amide bonds. The fourth-order valence-electron chi connectivity index (χ4n) is 3.51. The predicted molar refractivity (Wildman–Crippen MR) is 114 cm³/mol. The van der Waals surface area contributed by atoms with Crippen molar-refractivity contribution in [2.75, 3.05) is 31.5 Å². The van der Waals surface area contributed by atoms with Crippen molar-refractivity contribution < 1.29 is 4.79 Å². The molecular formula is C22H24N4OS. The number of hydrogen-bond acceptors (Lipinski definition) is 4. The first-order valence-corrected chi connectivity index (χ1v) is 10.5. The molecule has 0 saturated carbocycles. The van der Waals surface area contributed by atoms with Gasteiger partial charge in [-0.1, -0.05) is 48.5 Å². The molecule has 0 unspecified atom stereocenters. The molecule has 0 bridgehead atoms. The van der Waals surface area contributed by atoms with Gasteiger partial charge in [0.05, 0.1) is 12.2 Å². The summed E-state index contributed by atoms with van der Waals surface area (Å²) in [6.45, 7) is 4.22. The van der Waals surface area contributed by atoms with Crippen LogP contribution in [0.3, 0.4) is 0 Å². The van der Waals surface area contributed by atoms with Gasteiger partial charge in [-0.3, -0.25) is 4.90 Å². The zero-order valence-corrected chi connectivity index (χ0v) is 16.6. The number of amides is 2. The molecule has 1 aromatic heterocycles. The first-order chi connectivity index (χ1) is 13.8. The fraction of sp³-hybridized carbons (Fsp3) is 0.273. The maximum absolute atomic E-state index is 12.9. The highest BCUT2D eigenvalue weighted by molar-refractivity contribution is 7.09. The van der Waals surface area contributed by atoms with Crippen LogP contribution >= 0.6 is 11.3 Å². The molecule has 0 radical (unpaired) electrons. The Kier molecular flexibility index (Phi) is 5.99. The van der Waals surface area contributed by atoms with E-state index in [0.29, 0.717) is 0 Å². The zero-order chi connectivity index (χ0) is 19.2. The molecule has 28 heavy (non-hydrogen) atoms. The minimum Gasteiger partial charge on any atom is -0.323 e. The number of aromatic nitrogens is 1. The number of benzene rings is 2. The molecule has 5 nitrogen and oxygen atoms in total. The molecule has 2 aromatic carbocycles. The lowest BCUT2D eigenvalue weighted by Crippen LogP contribution is -2.38. The summed E-state index contributed by atoms with van der Waals surface area (Å²) in [7, 11) is 0. The molecule has 1 aliphatic heterocycles. The highest BCUT2D eigenvalue weighted by atomic mass is 32.1. The van der Waals surface area contributed by atoms with Gasteiger partial charge in [-0.15, -0.1) is 11.3 Å². The number of nitrogens with one attached hydrogen (secondary N) is 1. The first kappa shape index (κ1) is 18.7. The lowest BCUT2D eigenvalue weighted by molar-refractivity contribution is 0.211. The summed E-state index contributed by atoms with van der Waals surface area (Å²) in [4.78, 5) is 21.6. The van der Waals surface area contributed by atoms with Crippen molar-refractivity contribution in [3.8, 4) is 11.1 Å². The van der Waals surface area contributed by atoms with Gasteiger partial charge in [-0.25, -0.2) is 9.78 Å². The van der Waals surface area contributed by atoms with Crippen molar-refractivity contribution in [2.45, 2.75) is 13.0 Å². The molecule has 0 spiro atoms. The lowest BCUT2D eigenvalue weighted by atomic mass is 10.0. The normalized spacial score (nSPS) is 15.2. The zero-order valence-electron chi connectivity index (χ0n) is 15.8. The van der Waals surface area contributed by atoms with Gasteiger partial charge in [0.25, 0.3) is 0 Å². The second-order valence-electron chi connectivity index (χ2n) is 6.88. The van der Waals surface area contributed by atoms with Crippen LogP contribution in [-0.4, -0.2) is 47.0 Å². The van der Waals surface area contributed by atoms with E-state index in [4.69, 9.17) is 0 Å². The number of anilines is 1. The van der Waals surface area contributed by atoms with E-state index in [-0.39, 0.29) is 6.03 Å². The second-order valence-corrected chi connectivity index (χ2v) is 7.86. The van der Waals surface area contributed by atoms with E-state index in [9.17, 15) is 4.79 Å². The van der Waals surface area contributed by atoms with Gasteiger partial charge in [0, 0.05) is 43.3 Å². The minimum atomic E-state index is -0.0283. The third kappa shape index (κ3) is 4.58. The highest BCUT2D eigenvalue weighted by Crippen LogP contribution is 2.27. The Balaban J connectivity index is 1.40. The van der Waals surface area contributed by atoms with Crippen LogP contribution in [0.2, 0.25) is 0 Å². The quantitative estimate of drug-likeness (QED) is 0.709. The second kappa shape index (κ2) is 8.99. The molecule has 2 heterocycles. The Morgan fingerprint density at radius 1 is 1.00 bits per heavy atom. The minimum absolute atomic E-state index is 0.0283. The molecule has 1 fully saturated rings. The lowest BCUT2D eigenvalue weighted by Gasteiger charge is -2.22. The molecule has 0 atom stereocenters. The van der Waals surface area contributed by atoms with Crippen LogP contribution in [0, 0.1) is 0 Å². The molecule has 6 heteroatoms. The largest absolute Gasteiger partial charge is 0.323 e. The average molecular weight is 393 g/mol. The standard InChI is InChI=1S/C22H24N4OS/c27-22(24-20-10-5-4-9-19(20)18-7-2-1-3-8-18)26-13-6-12-25(14-15-26)17-21-23-11-16-28-21/h1-5,7-11,16H,6,12-15,17H2,(H,24,27). The van der Waals surface area contributed by atoms with Gasteiger partial charge in [0.15, 0.2) is 0 Å². The third-order valence-corrected chi connectivity index (χ3v) is 5.74. The molecular weight excluding hydrogens is 368 g/mol. The fourth-order valence-corrected chi connectivity index (χ4v) is 4.17. The highest BCUT2D eigenvalue weighted by Gasteiger charge is 2.20. The van der Waals surface area contributed by atoms with Crippen LogP contribution in [0.25, 0.3) is 11.1 Å². The summed E-state index contributed by atoms with van der Waals surface area (Å²) in [6, 6.07) is 18.1. The maximum Gasteiger partial charge on any atom is 0.321 e. The Labute approximate surface area is 169 Å². The van der Waals surface area contributed by atoms with Crippen molar-refractivity contribution >= 4 is 23.1 Å². The molecule has 0 aliphatic carbocycles. The van der Waals surface area contributed by atoms with Crippen LogP contribution in [0.15, 0.2) is 66.2 Å². The van der Waals surface area contributed by atoms with Gasteiger partial charge in [0.2, 0.25) is 0 Å². The topological polar surface area (TPSA) is 48.5 Å². The number of hydrogen-bond donors (Lipinski definition) is 1. The number of nitrogens with zero attached hydrogens (tertiary/aromatic N) is 3. The van der Waals surface area contributed by atoms with Crippen LogP contribution in [0.1, 0.15) is 11.4 Å². The first-order valence-electron chi connectivity index (χ1n) is 9.61. The van der Waals surface area contributed by atoms with E-state index < -0.39 is 0 Å². The summed E-state index contributed by atoms with van der Waals surface area (Å²) in [5, 5.41) is 6.27. The summed E-state index contributed by atoms with van der Waals surface area (Å²) in [5.74, 6) is 0. The van der Waals surface area contributed by atoms with Gasteiger partial charge in [-0.05, 0) is 18.1 Å². The van der Waals surface area contributed by atoms with E-state index in [1.165, 1.54) is 0 Å². The molecule has 1 N–H and O–H groups in total. The number of thiazole rings is 1. The number of carbonyl (C=O) groups is 1. The van der Waals surface area contributed by atoms with E-state index in [1.807, 2.05) is 58.9 Å². The number of para-hydroxylation sites is 1. The smallest absolute Gasteiger partial charge is 0.321 e. The van der Waals surface area contributed by atoms with Gasteiger partial charge < -0.3 is 10.2 Å². The predicted octanol–water partition coefficient (Wildman–Crippen LogP) is 4.55. The SMILES string of the molecule is O=C(Nc1ccccc1-c1ccccc1)N1CCCN(Cc2nccs2)CC1. The molecule has 1 aliphatic rings. The average Bonchev–Trinajstić information content (AvgIpc) is 3.13. The van der Waals surface area contributed by atoms with Gasteiger partial charge in [0.1, 0.15) is 5.01 Å². The van der Waals surface area contributed by atoms with Crippen molar-refractivity contribution in [1.29, 1.82) is 0 Å². The Morgan fingerprint density at radius 2 is 1.82 bits per heavy atom. The Morgan fingerprint density at radius 3 is 2.64 bits per heavy atom. The van der Waals surface area contributed by atoms with Crippen molar-refractivity contribution in [3.05, 3.63) is 71.2 Å².